The maximum atomic E-state index is 5.86. The molecule has 0 saturated carbocycles. The first kappa shape index (κ1) is 12.3. The zero-order valence-corrected chi connectivity index (χ0v) is 11.3. The topological polar surface area (TPSA) is 26.0 Å². The van der Waals surface area contributed by atoms with E-state index in [-0.39, 0.29) is 0 Å². The fraction of sp³-hybridized carbons (Fsp3) is 0.400. The molecule has 0 radical (unpaired) electrons. The Morgan fingerprint density at radius 2 is 2.14 bits per heavy atom. The van der Waals surface area contributed by atoms with E-state index in [1.807, 2.05) is 35.7 Å². The lowest BCUT2D eigenvalue weighted by molar-refractivity contribution is 1.12. The minimum atomic E-state index is 0.877. The summed E-state index contributed by atoms with van der Waals surface area (Å²) in [7, 11) is 0. The van der Waals surface area contributed by atoms with Gasteiger partial charge in [0.25, 0.3) is 0 Å². The van der Waals surface area contributed by atoms with E-state index >= 15 is 0 Å². The van der Waals surface area contributed by atoms with Crippen molar-refractivity contribution in [2.75, 3.05) is 23.5 Å². The Kier molecular flexibility index (Phi) is 5.82. The van der Waals surface area contributed by atoms with Crippen LogP contribution in [0.4, 0.5) is 5.69 Å². The predicted molar refractivity (Wildman–Crippen MR) is 72.3 cm³/mol. The largest absolute Gasteiger partial charge is 0.398 e. The maximum Gasteiger partial charge on any atom is 0.0453 e. The Hall–Kier alpha value is 0.200. The number of hydrogen-bond acceptors (Lipinski definition) is 3. The Balaban J connectivity index is 2.45. The number of benzene rings is 1. The summed E-state index contributed by atoms with van der Waals surface area (Å²) >= 11 is 7.17. The first-order valence-corrected chi connectivity index (χ1v) is 7.58. The second-order valence-electron chi connectivity index (χ2n) is 2.88. The first-order chi connectivity index (χ1) is 6.74. The van der Waals surface area contributed by atoms with Gasteiger partial charge in [0, 0.05) is 15.1 Å². The average Bonchev–Trinajstić information content (AvgIpc) is 2.18. The van der Waals surface area contributed by atoms with E-state index in [9.17, 15) is 0 Å². The van der Waals surface area contributed by atoms with Crippen LogP contribution >= 0.6 is 39.5 Å². The van der Waals surface area contributed by atoms with E-state index in [1.54, 1.807) is 0 Å². The molecule has 0 saturated heterocycles. The molecule has 1 aromatic rings. The van der Waals surface area contributed by atoms with Crippen molar-refractivity contribution in [2.45, 2.75) is 11.3 Å². The second kappa shape index (κ2) is 6.64. The van der Waals surface area contributed by atoms with Crippen molar-refractivity contribution in [1.29, 1.82) is 0 Å². The molecular weight excluding hydrogens is 278 g/mol. The molecule has 0 atom stereocenters. The van der Waals surface area contributed by atoms with Gasteiger partial charge in [-0.25, -0.2) is 0 Å². The van der Waals surface area contributed by atoms with Crippen LogP contribution < -0.4 is 5.73 Å². The van der Waals surface area contributed by atoms with Crippen LogP contribution in [-0.2, 0) is 0 Å². The van der Waals surface area contributed by atoms with Gasteiger partial charge in [0.1, 0.15) is 0 Å². The molecule has 0 unspecified atom stereocenters. The van der Waals surface area contributed by atoms with E-state index in [1.165, 1.54) is 17.1 Å². The summed E-state index contributed by atoms with van der Waals surface area (Å²) in [6.07, 6.45) is 3.37. The molecule has 4 heteroatoms. The van der Waals surface area contributed by atoms with Crippen molar-refractivity contribution in [3.05, 3.63) is 22.7 Å². The number of nitrogens with two attached hydrogens (primary N) is 1. The number of halogens is 1. The highest BCUT2D eigenvalue weighted by molar-refractivity contribution is 9.10. The van der Waals surface area contributed by atoms with Crippen LogP contribution in [-0.4, -0.2) is 17.8 Å². The van der Waals surface area contributed by atoms with Gasteiger partial charge in [-0.1, -0.05) is 15.9 Å². The fourth-order valence-electron chi connectivity index (χ4n) is 1.02. The third-order valence-electron chi connectivity index (χ3n) is 1.73. The molecule has 0 spiro atoms. The van der Waals surface area contributed by atoms with Gasteiger partial charge in [0.05, 0.1) is 0 Å². The number of rotatable bonds is 5. The lowest BCUT2D eigenvalue weighted by Crippen LogP contribution is -1.90. The predicted octanol–water partition coefficient (Wildman–Crippen LogP) is 3.88. The van der Waals surface area contributed by atoms with Gasteiger partial charge in [0.15, 0.2) is 0 Å². The van der Waals surface area contributed by atoms with Gasteiger partial charge in [-0.15, -0.1) is 11.8 Å². The Bertz CT molecular complexity index is 291. The highest BCUT2D eigenvalue weighted by Crippen LogP contribution is 2.28. The Labute approximate surface area is 102 Å². The lowest BCUT2D eigenvalue weighted by Gasteiger charge is -2.05. The van der Waals surface area contributed by atoms with E-state index in [0.29, 0.717) is 0 Å². The van der Waals surface area contributed by atoms with Crippen molar-refractivity contribution in [1.82, 2.24) is 0 Å². The highest BCUT2D eigenvalue weighted by atomic mass is 79.9. The molecule has 0 fully saturated rings. The van der Waals surface area contributed by atoms with Crippen molar-refractivity contribution >= 4 is 45.1 Å². The van der Waals surface area contributed by atoms with Crippen LogP contribution in [0, 0.1) is 0 Å². The van der Waals surface area contributed by atoms with Crippen LogP contribution in [0.25, 0.3) is 0 Å². The van der Waals surface area contributed by atoms with Crippen molar-refractivity contribution in [3.8, 4) is 0 Å². The molecule has 2 N–H and O–H groups in total. The maximum absolute atomic E-state index is 5.86. The normalized spacial score (nSPS) is 10.4. The standard InChI is InChI=1S/C10H14BrNS2/c1-13-5-2-6-14-10-7-8(11)3-4-9(10)12/h3-4,7H,2,5-6,12H2,1H3. The van der Waals surface area contributed by atoms with Gasteiger partial charge < -0.3 is 5.73 Å². The highest BCUT2D eigenvalue weighted by Gasteiger charge is 2.00. The molecule has 14 heavy (non-hydrogen) atoms. The van der Waals surface area contributed by atoms with Crippen LogP contribution in [0.3, 0.4) is 0 Å². The number of anilines is 1. The summed E-state index contributed by atoms with van der Waals surface area (Å²) in [6.45, 7) is 0. The molecule has 0 aliphatic carbocycles. The van der Waals surface area contributed by atoms with E-state index in [2.05, 4.69) is 28.3 Å². The third-order valence-corrected chi connectivity index (χ3v) is 4.07. The van der Waals surface area contributed by atoms with Crippen molar-refractivity contribution < 1.29 is 0 Å². The molecule has 1 aromatic carbocycles. The van der Waals surface area contributed by atoms with Crippen LogP contribution in [0.2, 0.25) is 0 Å². The average molecular weight is 292 g/mol. The molecule has 0 amide bonds. The molecule has 0 bridgehead atoms. The smallest absolute Gasteiger partial charge is 0.0453 e. The van der Waals surface area contributed by atoms with Crippen molar-refractivity contribution in [3.63, 3.8) is 0 Å². The summed E-state index contributed by atoms with van der Waals surface area (Å²) in [5.74, 6) is 2.36. The fourth-order valence-corrected chi connectivity index (χ4v) is 3.10. The van der Waals surface area contributed by atoms with Crippen LogP contribution in [0.1, 0.15) is 6.42 Å². The van der Waals surface area contributed by atoms with Gasteiger partial charge in [0.2, 0.25) is 0 Å². The van der Waals surface area contributed by atoms with E-state index in [0.717, 1.165) is 15.9 Å². The Morgan fingerprint density at radius 1 is 1.36 bits per heavy atom. The molecule has 1 nitrogen and oxygen atoms in total. The molecule has 0 aromatic heterocycles. The van der Waals surface area contributed by atoms with Gasteiger partial charge in [-0.3, -0.25) is 0 Å². The number of thioether (sulfide) groups is 2. The van der Waals surface area contributed by atoms with Gasteiger partial charge in [-0.05, 0) is 42.4 Å². The molecule has 0 heterocycles. The summed E-state index contributed by atoms with van der Waals surface area (Å²) in [5, 5.41) is 0. The van der Waals surface area contributed by atoms with Crippen LogP contribution in [0.15, 0.2) is 27.6 Å². The SMILES string of the molecule is CSCCCSc1cc(Br)ccc1N. The first-order valence-electron chi connectivity index (χ1n) is 4.41. The summed E-state index contributed by atoms with van der Waals surface area (Å²) in [6, 6.07) is 6.00. The van der Waals surface area contributed by atoms with Crippen molar-refractivity contribution in [2.24, 2.45) is 0 Å². The minimum absolute atomic E-state index is 0.877. The lowest BCUT2D eigenvalue weighted by atomic mass is 10.3. The summed E-state index contributed by atoms with van der Waals surface area (Å²) in [4.78, 5) is 1.18. The summed E-state index contributed by atoms with van der Waals surface area (Å²) < 4.78 is 1.10. The summed E-state index contributed by atoms with van der Waals surface area (Å²) in [5.41, 5.74) is 6.73. The number of nitrogen functional groups attached to an aromatic ring is 1. The minimum Gasteiger partial charge on any atom is -0.398 e. The molecule has 1 rings (SSSR count). The molecule has 0 aliphatic rings. The van der Waals surface area contributed by atoms with E-state index in [4.69, 9.17) is 5.73 Å². The zero-order valence-electron chi connectivity index (χ0n) is 8.13. The van der Waals surface area contributed by atoms with Gasteiger partial charge in [-0.2, -0.15) is 11.8 Å². The Morgan fingerprint density at radius 3 is 2.86 bits per heavy atom. The monoisotopic (exact) mass is 291 g/mol. The second-order valence-corrected chi connectivity index (χ2v) is 5.91. The number of hydrogen-bond donors (Lipinski definition) is 1. The molecule has 0 aliphatic heterocycles. The zero-order chi connectivity index (χ0) is 10.4. The quantitative estimate of drug-likeness (QED) is 0.507. The van der Waals surface area contributed by atoms with Gasteiger partial charge >= 0.3 is 0 Å². The third kappa shape index (κ3) is 4.15. The molecular formula is C10H14BrNS2. The van der Waals surface area contributed by atoms with Crippen LogP contribution in [0.5, 0.6) is 0 Å². The van der Waals surface area contributed by atoms with E-state index < -0.39 is 0 Å². The molecule has 78 valence electrons.